The van der Waals surface area contributed by atoms with E-state index in [0.29, 0.717) is 0 Å². The van der Waals surface area contributed by atoms with E-state index in [2.05, 4.69) is 40.2 Å². The van der Waals surface area contributed by atoms with E-state index in [1.165, 1.54) is 4.90 Å². The summed E-state index contributed by atoms with van der Waals surface area (Å²) in [6.45, 7) is 1.99. The Balaban J connectivity index is 2.16. The number of hydrogen-bond acceptors (Lipinski definition) is 2. The predicted octanol–water partition coefficient (Wildman–Crippen LogP) is 5.14. The number of rotatable bonds is 4. The fourth-order valence-corrected chi connectivity index (χ4v) is 3.56. The van der Waals surface area contributed by atoms with Crippen LogP contribution in [0.1, 0.15) is 12.5 Å². The maximum Gasteiger partial charge on any atom is 0.0449 e. The van der Waals surface area contributed by atoms with Crippen LogP contribution in [0.3, 0.4) is 0 Å². The molecule has 0 aromatic heterocycles. The summed E-state index contributed by atoms with van der Waals surface area (Å²) in [4.78, 5) is 2.32. The highest BCUT2D eigenvalue weighted by atomic mass is 79.9. The van der Waals surface area contributed by atoms with Gasteiger partial charge in [-0.3, -0.25) is 0 Å². The van der Waals surface area contributed by atoms with Gasteiger partial charge in [0, 0.05) is 25.3 Å². The van der Waals surface area contributed by atoms with Crippen molar-refractivity contribution >= 4 is 39.3 Å². The molecule has 0 spiro atoms. The van der Waals surface area contributed by atoms with E-state index in [1.54, 1.807) is 11.8 Å². The molecule has 0 fully saturated rings. The molecule has 2 rings (SSSR count). The Hall–Kier alpha value is -0.480. The Morgan fingerprint density at radius 2 is 1.95 bits per heavy atom. The molecule has 19 heavy (non-hydrogen) atoms. The second kappa shape index (κ2) is 6.80. The number of hydrogen-bond donors (Lipinski definition) is 1. The van der Waals surface area contributed by atoms with Gasteiger partial charge in [0.25, 0.3) is 0 Å². The van der Waals surface area contributed by atoms with Crippen LogP contribution in [0.15, 0.2) is 56.7 Å². The Morgan fingerprint density at radius 3 is 2.58 bits per heavy atom. The van der Waals surface area contributed by atoms with Crippen molar-refractivity contribution in [3.63, 3.8) is 0 Å². The van der Waals surface area contributed by atoms with Gasteiger partial charge < -0.3 is 5.73 Å². The standard InChI is InChI=1S/C15H15BrClNS/c1-10(18)7-11-5-6-14(9-15(11)17)19-13-4-2-3-12(16)8-13/h2-6,8-10H,7,18H2,1H3. The molecule has 0 bridgehead atoms. The molecule has 0 amide bonds. The maximum atomic E-state index is 6.29. The van der Waals surface area contributed by atoms with Gasteiger partial charge in [-0.1, -0.05) is 51.4 Å². The van der Waals surface area contributed by atoms with E-state index >= 15 is 0 Å². The summed E-state index contributed by atoms with van der Waals surface area (Å²) in [6, 6.07) is 14.5. The molecule has 2 aromatic rings. The monoisotopic (exact) mass is 355 g/mol. The molecule has 100 valence electrons. The quantitative estimate of drug-likeness (QED) is 0.820. The van der Waals surface area contributed by atoms with E-state index in [4.69, 9.17) is 17.3 Å². The van der Waals surface area contributed by atoms with Crippen LogP contribution in [0, 0.1) is 0 Å². The highest BCUT2D eigenvalue weighted by Crippen LogP contribution is 2.32. The second-order valence-corrected chi connectivity index (χ2v) is 6.96. The Bertz CT molecular complexity index is 572. The van der Waals surface area contributed by atoms with E-state index in [1.807, 2.05) is 25.1 Å². The van der Waals surface area contributed by atoms with Crippen molar-refractivity contribution in [1.82, 2.24) is 0 Å². The van der Waals surface area contributed by atoms with Crippen LogP contribution in [0.4, 0.5) is 0 Å². The minimum Gasteiger partial charge on any atom is -0.328 e. The molecule has 2 aromatic carbocycles. The second-order valence-electron chi connectivity index (χ2n) is 4.49. The average molecular weight is 357 g/mol. The number of benzene rings is 2. The van der Waals surface area contributed by atoms with Crippen molar-refractivity contribution in [2.24, 2.45) is 5.73 Å². The van der Waals surface area contributed by atoms with Gasteiger partial charge in [0.1, 0.15) is 0 Å². The highest BCUT2D eigenvalue weighted by molar-refractivity contribution is 9.10. The SMILES string of the molecule is CC(N)Cc1ccc(Sc2cccc(Br)c2)cc1Cl. The van der Waals surface area contributed by atoms with Crippen LogP contribution in [0.5, 0.6) is 0 Å². The van der Waals surface area contributed by atoms with Crippen LogP contribution in [0.25, 0.3) is 0 Å². The third-order valence-electron chi connectivity index (χ3n) is 2.60. The average Bonchev–Trinajstić information content (AvgIpc) is 2.32. The van der Waals surface area contributed by atoms with Crippen molar-refractivity contribution in [2.45, 2.75) is 29.2 Å². The van der Waals surface area contributed by atoms with Crippen molar-refractivity contribution in [3.8, 4) is 0 Å². The summed E-state index contributed by atoms with van der Waals surface area (Å²) < 4.78 is 1.08. The molecule has 0 heterocycles. The van der Waals surface area contributed by atoms with Crippen LogP contribution in [0.2, 0.25) is 5.02 Å². The van der Waals surface area contributed by atoms with E-state index in [9.17, 15) is 0 Å². The molecule has 0 saturated heterocycles. The molecule has 0 aliphatic rings. The third-order valence-corrected chi connectivity index (χ3v) is 4.42. The Labute approximate surface area is 131 Å². The lowest BCUT2D eigenvalue weighted by Gasteiger charge is -2.09. The summed E-state index contributed by atoms with van der Waals surface area (Å²) in [5.74, 6) is 0. The summed E-state index contributed by atoms with van der Waals surface area (Å²) in [6.07, 6.45) is 0.806. The van der Waals surface area contributed by atoms with Crippen LogP contribution >= 0.6 is 39.3 Å². The summed E-state index contributed by atoms with van der Waals surface area (Å²) >= 11 is 11.5. The molecule has 0 aliphatic carbocycles. The third kappa shape index (κ3) is 4.53. The molecule has 1 nitrogen and oxygen atoms in total. The van der Waals surface area contributed by atoms with Crippen molar-refractivity contribution in [1.29, 1.82) is 0 Å². The van der Waals surface area contributed by atoms with Crippen LogP contribution in [-0.4, -0.2) is 6.04 Å². The molecule has 4 heteroatoms. The van der Waals surface area contributed by atoms with Crippen LogP contribution < -0.4 is 5.73 Å². The zero-order valence-corrected chi connectivity index (χ0v) is 13.7. The fourth-order valence-electron chi connectivity index (χ4n) is 1.77. The molecule has 0 saturated carbocycles. The Morgan fingerprint density at radius 1 is 1.21 bits per heavy atom. The van der Waals surface area contributed by atoms with Gasteiger partial charge >= 0.3 is 0 Å². The van der Waals surface area contributed by atoms with Gasteiger partial charge in [0.2, 0.25) is 0 Å². The van der Waals surface area contributed by atoms with Crippen LogP contribution in [-0.2, 0) is 6.42 Å². The predicted molar refractivity (Wildman–Crippen MR) is 87.1 cm³/mol. The topological polar surface area (TPSA) is 26.0 Å². The fraction of sp³-hybridized carbons (Fsp3) is 0.200. The smallest absolute Gasteiger partial charge is 0.0449 e. The van der Waals surface area contributed by atoms with Crippen molar-refractivity contribution < 1.29 is 0 Å². The molecule has 1 unspecified atom stereocenters. The minimum absolute atomic E-state index is 0.126. The lowest BCUT2D eigenvalue weighted by molar-refractivity contribution is 0.738. The number of nitrogens with two attached hydrogens (primary N) is 1. The first-order valence-corrected chi connectivity index (χ1v) is 8.01. The molecule has 2 N–H and O–H groups in total. The van der Waals surface area contributed by atoms with Crippen molar-refractivity contribution in [2.75, 3.05) is 0 Å². The first-order chi connectivity index (χ1) is 9.04. The highest BCUT2D eigenvalue weighted by Gasteiger charge is 2.06. The normalized spacial score (nSPS) is 12.4. The van der Waals surface area contributed by atoms with E-state index in [-0.39, 0.29) is 6.04 Å². The molecular formula is C15H15BrClNS. The largest absolute Gasteiger partial charge is 0.328 e. The zero-order chi connectivity index (χ0) is 13.8. The van der Waals surface area contributed by atoms with E-state index < -0.39 is 0 Å². The van der Waals surface area contributed by atoms with E-state index in [0.717, 1.165) is 26.4 Å². The first-order valence-electron chi connectivity index (χ1n) is 6.02. The van der Waals surface area contributed by atoms with Gasteiger partial charge in [0.15, 0.2) is 0 Å². The molecule has 0 radical (unpaired) electrons. The summed E-state index contributed by atoms with van der Waals surface area (Å²) in [5, 5.41) is 0.789. The van der Waals surface area contributed by atoms with Gasteiger partial charge in [-0.05, 0) is 49.2 Å². The lowest BCUT2D eigenvalue weighted by atomic mass is 10.1. The zero-order valence-electron chi connectivity index (χ0n) is 10.6. The van der Waals surface area contributed by atoms with Gasteiger partial charge in [0.05, 0.1) is 0 Å². The molecular weight excluding hydrogens is 342 g/mol. The van der Waals surface area contributed by atoms with Crippen molar-refractivity contribution in [3.05, 3.63) is 57.5 Å². The maximum absolute atomic E-state index is 6.29. The number of halogens is 2. The van der Waals surface area contributed by atoms with Gasteiger partial charge in [-0.15, -0.1) is 0 Å². The summed E-state index contributed by atoms with van der Waals surface area (Å²) in [7, 11) is 0. The minimum atomic E-state index is 0.126. The van der Waals surface area contributed by atoms with Gasteiger partial charge in [-0.25, -0.2) is 0 Å². The lowest BCUT2D eigenvalue weighted by Crippen LogP contribution is -2.17. The first kappa shape index (κ1) is 14.9. The molecule has 0 aliphatic heterocycles. The molecule has 1 atom stereocenters. The summed E-state index contributed by atoms with van der Waals surface area (Å²) in [5.41, 5.74) is 6.91. The van der Waals surface area contributed by atoms with Gasteiger partial charge in [-0.2, -0.15) is 0 Å². The Kier molecular flexibility index (Phi) is 5.34.